The maximum atomic E-state index is 14.1. The molecule has 0 radical (unpaired) electrons. The molecule has 2 aliphatic rings. The van der Waals surface area contributed by atoms with Gasteiger partial charge in [0.25, 0.3) is 0 Å². The van der Waals surface area contributed by atoms with Gasteiger partial charge in [0.15, 0.2) is 11.6 Å². The Morgan fingerprint density at radius 1 is 0.575 bits per heavy atom. The molecular weight excluding hydrogens is 1100 g/mol. The van der Waals surface area contributed by atoms with Crippen LogP contribution in [0.3, 0.4) is 0 Å². The van der Waals surface area contributed by atoms with Crippen molar-refractivity contribution in [1.82, 2.24) is 39.5 Å². The van der Waals surface area contributed by atoms with Crippen molar-refractivity contribution in [2.24, 2.45) is 10.8 Å². The Morgan fingerprint density at radius 3 is 1.16 bits per heavy atom. The molecule has 80 heavy (non-hydrogen) atoms. The van der Waals surface area contributed by atoms with Crippen molar-refractivity contribution in [3.8, 4) is 57.1 Å². The second kappa shape index (κ2) is 24.6. The molecule has 0 unspecified atom stereocenters. The van der Waals surface area contributed by atoms with Gasteiger partial charge in [-0.3, -0.25) is 19.1 Å². The third-order valence-corrected chi connectivity index (χ3v) is 21.1. The van der Waals surface area contributed by atoms with Crippen LogP contribution in [0.25, 0.3) is 34.2 Å². The highest BCUT2D eigenvalue weighted by molar-refractivity contribution is 7.93. The lowest BCUT2D eigenvalue weighted by atomic mass is 9.83. The van der Waals surface area contributed by atoms with Gasteiger partial charge in [-0.15, -0.1) is 20.4 Å². The first-order valence-corrected chi connectivity index (χ1v) is 36.9. The van der Waals surface area contributed by atoms with E-state index < -0.39 is 70.7 Å². The minimum Gasteiger partial charge on any atom is -0.494 e. The standard InChI is InChI=1S/2C27H39N5O6SSi/c2*1-19-13-20(15-28-14-19)25-29-30-26(32(25)24-21(36-3)9-8-10-22(24)37-4)31(11-12-40(5,6)7)39(34,35)16-23(33)27(2)17-38-18-27/h2*8-10,13-15,23,33H,11-12,16-18H2,1-7H3/t2*23-/m10/s1. The van der Waals surface area contributed by atoms with E-state index in [0.717, 1.165) is 11.1 Å². The molecule has 2 saturated heterocycles. The predicted molar refractivity (Wildman–Crippen MR) is 313 cm³/mol. The average molecular weight is 1180 g/mol. The van der Waals surface area contributed by atoms with Crippen molar-refractivity contribution in [2.75, 3.05) is 88.1 Å². The van der Waals surface area contributed by atoms with Crippen LogP contribution in [0.4, 0.5) is 11.9 Å². The van der Waals surface area contributed by atoms with Crippen molar-refractivity contribution >= 4 is 48.1 Å². The van der Waals surface area contributed by atoms with Gasteiger partial charge in [-0.05, 0) is 73.5 Å². The fourth-order valence-corrected chi connectivity index (χ4v) is 14.5. The third-order valence-electron chi connectivity index (χ3n) is 14.1. The zero-order chi connectivity index (χ0) is 58.6. The predicted octanol–water partition coefficient (Wildman–Crippen LogP) is 7.05. The maximum absolute atomic E-state index is 14.1. The number of nitrogens with zero attached hydrogens (tertiary/aromatic N) is 10. The number of sulfonamides is 2. The number of hydrogen-bond acceptors (Lipinski definition) is 18. The molecule has 4 aromatic heterocycles. The highest BCUT2D eigenvalue weighted by atomic mass is 32.2. The molecule has 26 heteroatoms. The summed E-state index contributed by atoms with van der Waals surface area (Å²) >= 11 is 0. The van der Waals surface area contributed by atoms with Crippen LogP contribution < -0.4 is 27.6 Å². The summed E-state index contributed by atoms with van der Waals surface area (Å²) in [5.74, 6) is 1.76. The van der Waals surface area contributed by atoms with E-state index >= 15 is 0 Å². The third kappa shape index (κ3) is 13.8. The van der Waals surface area contributed by atoms with Crippen molar-refractivity contribution in [2.45, 2.75) is 91.3 Å². The Balaban J connectivity index is 0.000000231. The highest BCUT2D eigenvalue weighted by Crippen LogP contribution is 2.42. The van der Waals surface area contributed by atoms with E-state index in [1.807, 2.05) is 39.8 Å². The number of aromatic nitrogens is 8. The van der Waals surface area contributed by atoms with Crippen molar-refractivity contribution in [3.63, 3.8) is 0 Å². The Morgan fingerprint density at radius 2 is 0.900 bits per heavy atom. The zero-order valence-electron chi connectivity index (χ0n) is 48.4. The number of aliphatic hydroxyl groups is 2. The van der Waals surface area contributed by atoms with Crippen LogP contribution in [0.5, 0.6) is 23.0 Å². The van der Waals surface area contributed by atoms with Gasteiger partial charge in [-0.25, -0.2) is 25.4 Å². The van der Waals surface area contributed by atoms with Crippen LogP contribution in [-0.2, 0) is 29.5 Å². The van der Waals surface area contributed by atoms with Crippen LogP contribution in [0.2, 0.25) is 51.4 Å². The van der Waals surface area contributed by atoms with Gasteiger partial charge < -0.3 is 38.6 Å². The molecule has 2 N–H and O–H groups in total. The van der Waals surface area contributed by atoms with Crippen LogP contribution in [0.15, 0.2) is 73.3 Å². The first kappa shape index (κ1) is 61.6. The van der Waals surface area contributed by atoms with E-state index in [1.165, 1.54) is 37.0 Å². The van der Waals surface area contributed by atoms with E-state index in [-0.39, 0.29) is 25.0 Å². The van der Waals surface area contributed by atoms with Crippen molar-refractivity contribution in [3.05, 3.63) is 84.4 Å². The Bertz CT molecular complexity index is 3080. The SMILES string of the molecule is COc1cccc(OC)c1-n1c(-c2cncc(C)c2)nnc1N(CC[Si](C)(C)C)S(=O)(=O)C[C@@H](O)C1(C)COC1.COc1cccc(OC)c1-n1c(-c2cncc(C)c2)nnc1N(CC[Si](C)(C)C)S(=O)(=O)C[C@H](O)C1(C)COC1. The molecule has 2 fully saturated rings. The molecular formula is C54H78N10O12S2Si2. The van der Waals surface area contributed by atoms with Gasteiger partial charge in [0.05, 0.1) is 78.6 Å². The number of rotatable bonds is 24. The fourth-order valence-electron chi connectivity index (χ4n) is 8.93. The Kier molecular flexibility index (Phi) is 19.0. The molecule has 0 amide bonds. The topological polar surface area (TPSA) is 258 Å². The first-order valence-electron chi connectivity index (χ1n) is 26.3. The van der Waals surface area contributed by atoms with E-state index in [1.54, 1.807) is 70.3 Å². The molecule has 2 atom stereocenters. The van der Waals surface area contributed by atoms with Crippen LogP contribution >= 0.6 is 0 Å². The van der Waals surface area contributed by atoms with Crippen LogP contribution in [0.1, 0.15) is 25.0 Å². The number of methoxy groups -OCH3 is 4. The number of pyridine rings is 2. The summed E-state index contributed by atoms with van der Waals surface area (Å²) < 4.78 is 95.7. The number of aliphatic hydroxyl groups excluding tert-OH is 2. The molecule has 8 rings (SSSR count). The largest absolute Gasteiger partial charge is 0.494 e. The zero-order valence-corrected chi connectivity index (χ0v) is 52.1. The molecule has 2 aromatic carbocycles. The van der Waals surface area contributed by atoms with E-state index in [0.29, 0.717) is 95.7 Å². The number of anilines is 2. The molecule has 0 saturated carbocycles. The van der Waals surface area contributed by atoms with Crippen molar-refractivity contribution in [1.29, 1.82) is 0 Å². The number of hydrogen-bond donors (Lipinski definition) is 2. The molecule has 6 heterocycles. The minimum absolute atomic E-state index is 0.0831. The summed E-state index contributed by atoms with van der Waals surface area (Å²) in [5, 5.41) is 39.8. The molecule has 0 aliphatic carbocycles. The number of benzene rings is 2. The van der Waals surface area contributed by atoms with Gasteiger partial charge in [-0.2, -0.15) is 0 Å². The van der Waals surface area contributed by atoms with E-state index in [9.17, 15) is 27.0 Å². The summed E-state index contributed by atoms with van der Waals surface area (Å²) in [7, 11) is -5.42. The van der Waals surface area contributed by atoms with Gasteiger partial charge in [0.2, 0.25) is 31.9 Å². The average Bonchev–Trinajstić information content (AvgIpc) is 4.14. The molecule has 0 spiro atoms. The monoisotopic (exact) mass is 1180 g/mol. The van der Waals surface area contributed by atoms with E-state index in [4.69, 9.17) is 28.4 Å². The lowest BCUT2D eigenvalue weighted by Gasteiger charge is -2.42. The second-order valence-electron chi connectivity index (χ2n) is 23.5. The van der Waals surface area contributed by atoms with Gasteiger partial charge in [0, 0.05) is 76.0 Å². The summed E-state index contributed by atoms with van der Waals surface area (Å²) in [4.78, 5) is 8.64. The summed E-state index contributed by atoms with van der Waals surface area (Å²) in [6.45, 7) is 22.1. The molecule has 0 bridgehead atoms. The summed E-state index contributed by atoms with van der Waals surface area (Å²) in [6.07, 6.45) is 4.54. The van der Waals surface area contributed by atoms with Gasteiger partial charge in [0.1, 0.15) is 34.4 Å². The summed E-state index contributed by atoms with van der Waals surface area (Å²) in [6, 6.07) is 15.8. The first-order chi connectivity index (χ1) is 37.6. The normalized spacial score (nSPS) is 15.8. The Labute approximate surface area is 472 Å². The lowest BCUT2D eigenvalue weighted by Crippen LogP contribution is -2.53. The fraction of sp³-hybridized carbons (Fsp3) is 0.519. The van der Waals surface area contributed by atoms with Gasteiger partial charge in [-0.1, -0.05) is 65.3 Å². The van der Waals surface area contributed by atoms with E-state index in [2.05, 4.69) is 69.6 Å². The maximum Gasteiger partial charge on any atom is 0.246 e. The number of aryl methyl sites for hydroxylation is 2. The minimum atomic E-state index is -4.07. The smallest absolute Gasteiger partial charge is 0.246 e. The van der Waals surface area contributed by atoms with Crippen LogP contribution in [0, 0.1) is 24.7 Å². The number of para-hydroxylation sites is 2. The van der Waals surface area contributed by atoms with Crippen molar-refractivity contribution < 1.29 is 55.5 Å². The highest BCUT2D eigenvalue weighted by Gasteiger charge is 2.46. The Hall–Kier alpha value is -6.01. The molecule has 22 nitrogen and oxygen atoms in total. The lowest BCUT2D eigenvalue weighted by molar-refractivity contribution is -0.154. The molecule has 6 aromatic rings. The quantitative estimate of drug-likeness (QED) is 0.0575. The van der Waals surface area contributed by atoms with Crippen LogP contribution in [-0.4, -0.2) is 174 Å². The molecule has 2 aliphatic heterocycles. The number of ether oxygens (including phenoxy) is 6. The molecule has 436 valence electrons. The summed E-state index contributed by atoms with van der Waals surface area (Å²) in [5.41, 5.74) is 2.76. The van der Waals surface area contributed by atoms with Gasteiger partial charge >= 0.3 is 0 Å². The second-order valence-corrected chi connectivity index (χ2v) is 38.6.